The second-order valence-electron chi connectivity index (χ2n) is 6.38. The van der Waals surface area contributed by atoms with Crippen LogP contribution in [0.4, 0.5) is 0 Å². The zero-order valence-electron chi connectivity index (χ0n) is 14.2. The Hall–Kier alpha value is -1.88. The largest absolute Gasteiger partial charge is 0.472 e. The molecule has 132 valence electrons. The number of carbonyl (C=O) groups excluding carboxylic acids is 1. The predicted molar refractivity (Wildman–Crippen MR) is 102 cm³/mol. The first-order valence-corrected chi connectivity index (χ1v) is 9.60. The van der Waals surface area contributed by atoms with Crippen LogP contribution >= 0.6 is 15.9 Å². The van der Waals surface area contributed by atoms with Gasteiger partial charge in [0, 0.05) is 36.1 Å². The Bertz CT molecular complexity index is 676. The van der Waals surface area contributed by atoms with Gasteiger partial charge < -0.3 is 9.64 Å². The second-order valence-corrected chi connectivity index (χ2v) is 7.29. The molecule has 1 aromatic carbocycles. The van der Waals surface area contributed by atoms with Gasteiger partial charge in [-0.2, -0.15) is 0 Å². The van der Waals surface area contributed by atoms with E-state index in [-0.39, 0.29) is 12.0 Å². The standard InChI is InChI=1S/C20H23BrN2O2/c21-17-10-11-19(22-14-17)25-18-12-13-23(15-18)20(24)9-5-4-8-16-6-2-1-3-7-16/h1-3,6-7,10-11,14,18H,4-5,8-9,12-13,15H2. The Labute approximate surface area is 157 Å². The van der Waals surface area contributed by atoms with Crippen molar-refractivity contribution in [2.24, 2.45) is 0 Å². The second kappa shape index (κ2) is 8.99. The number of rotatable bonds is 7. The van der Waals surface area contributed by atoms with Crippen molar-refractivity contribution in [1.29, 1.82) is 0 Å². The highest BCUT2D eigenvalue weighted by Crippen LogP contribution is 2.19. The summed E-state index contributed by atoms with van der Waals surface area (Å²) in [6.45, 7) is 1.44. The van der Waals surface area contributed by atoms with E-state index < -0.39 is 0 Å². The number of nitrogens with zero attached hydrogens (tertiary/aromatic N) is 2. The van der Waals surface area contributed by atoms with Gasteiger partial charge in [-0.1, -0.05) is 30.3 Å². The van der Waals surface area contributed by atoms with Gasteiger partial charge in [0.05, 0.1) is 6.54 Å². The van der Waals surface area contributed by atoms with Crippen LogP contribution in [-0.4, -0.2) is 35.0 Å². The van der Waals surface area contributed by atoms with Crippen molar-refractivity contribution in [2.75, 3.05) is 13.1 Å². The van der Waals surface area contributed by atoms with Crippen LogP contribution in [0.2, 0.25) is 0 Å². The van der Waals surface area contributed by atoms with Gasteiger partial charge in [0.15, 0.2) is 0 Å². The average Bonchev–Trinajstić information content (AvgIpc) is 3.10. The summed E-state index contributed by atoms with van der Waals surface area (Å²) in [5.41, 5.74) is 1.34. The first kappa shape index (κ1) is 17.9. The lowest BCUT2D eigenvalue weighted by molar-refractivity contribution is -0.130. The molecule has 5 heteroatoms. The van der Waals surface area contributed by atoms with Crippen molar-refractivity contribution in [3.63, 3.8) is 0 Å². The topological polar surface area (TPSA) is 42.4 Å². The van der Waals surface area contributed by atoms with Crippen LogP contribution in [0, 0.1) is 0 Å². The third kappa shape index (κ3) is 5.56. The number of carbonyl (C=O) groups is 1. The number of pyridine rings is 1. The number of hydrogen-bond donors (Lipinski definition) is 0. The van der Waals surface area contributed by atoms with E-state index in [2.05, 4.69) is 45.2 Å². The van der Waals surface area contributed by atoms with Crippen molar-refractivity contribution in [1.82, 2.24) is 9.88 Å². The highest BCUT2D eigenvalue weighted by atomic mass is 79.9. The Morgan fingerprint density at radius 1 is 1.20 bits per heavy atom. The third-order valence-corrected chi connectivity index (χ3v) is 4.90. The summed E-state index contributed by atoms with van der Waals surface area (Å²) in [7, 11) is 0. The number of ether oxygens (including phenoxy) is 1. The minimum atomic E-state index is 0.0435. The van der Waals surface area contributed by atoms with E-state index >= 15 is 0 Å². The molecule has 0 bridgehead atoms. The molecule has 1 aromatic heterocycles. The Morgan fingerprint density at radius 3 is 2.80 bits per heavy atom. The number of halogens is 1. The summed E-state index contributed by atoms with van der Waals surface area (Å²) < 4.78 is 6.80. The molecule has 4 nitrogen and oxygen atoms in total. The summed E-state index contributed by atoms with van der Waals surface area (Å²) in [5, 5.41) is 0. The lowest BCUT2D eigenvalue weighted by Crippen LogP contribution is -2.30. The molecule has 1 amide bonds. The molecule has 0 spiro atoms. The molecule has 2 aromatic rings. The molecule has 0 saturated carbocycles. The summed E-state index contributed by atoms with van der Waals surface area (Å²) in [6, 6.07) is 14.2. The van der Waals surface area contributed by atoms with Gasteiger partial charge in [-0.15, -0.1) is 0 Å². The van der Waals surface area contributed by atoms with Gasteiger partial charge in [-0.3, -0.25) is 4.79 Å². The zero-order valence-corrected chi connectivity index (χ0v) is 15.8. The van der Waals surface area contributed by atoms with E-state index in [9.17, 15) is 4.79 Å². The van der Waals surface area contributed by atoms with Gasteiger partial charge in [-0.05, 0) is 46.8 Å². The number of benzene rings is 1. The normalized spacial score (nSPS) is 16.8. The summed E-state index contributed by atoms with van der Waals surface area (Å²) in [4.78, 5) is 18.5. The fraction of sp³-hybridized carbons (Fsp3) is 0.400. The molecule has 0 aliphatic carbocycles. The molecule has 3 rings (SSSR count). The number of unbranched alkanes of at least 4 members (excludes halogenated alkanes) is 1. The maximum Gasteiger partial charge on any atom is 0.222 e. The highest BCUT2D eigenvalue weighted by molar-refractivity contribution is 9.10. The van der Waals surface area contributed by atoms with Crippen molar-refractivity contribution >= 4 is 21.8 Å². The monoisotopic (exact) mass is 402 g/mol. The third-order valence-electron chi connectivity index (χ3n) is 4.43. The first-order chi connectivity index (χ1) is 12.2. The van der Waals surface area contributed by atoms with Crippen molar-refractivity contribution < 1.29 is 9.53 Å². The molecule has 2 heterocycles. The van der Waals surface area contributed by atoms with Crippen LogP contribution in [0.3, 0.4) is 0 Å². The molecule has 0 N–H and O–H groups in total. The number of aromatic nitrogens is 1. The lowest BCUT2D eigenvalue weighted by atomic mass is 10.1. The van der Waals surface area contributed by atoms with Gasteiger partial charge in [0.25, 0.3) is 0 Å². The molecular weight excluding hydrogens is 380 g/mol. The minimum absolute atomic E-state index is 0.0435. The van der Waals surface area contributed by atoms with Crippen LogP contribution in [-0.2, 0) is 11.2 Å². The van der Waals surface area contributed by atoms with E-state index in [4.69, 9.17) is 4.74 Å². The number of hydrogen-bond acceptors (Lipinski definition) is 3. The fourth-order valence-corrected chi connectivity index (χ4v) is 3.30. The van der Waals surface area contributed by atoms with Crippen molar-refractivity contribution in [3.8, 4) is 5.88 Å². The molecule has 1 saturated heterocycles. The molecule has 1 fully saturated rings. The van der Waals surface area contributed by atoms with Crippen LogP contribution < -0.4 is 4.74 Å². The maximum atomic E-state index is 12.3. The summed E-state index contributed by atoms with van der Waals surface area (Å²) >= 11 is 3.36. The van der Waals surface area contributed by atoms with E-state index in [0.29, 0.717) is 18.8 Å². The fourth-order valence-electron chi connectivity index (χ4n) is 3.06. The maximum absolute atomic E-state index is 12.3. The van der Waals surface area contributed by atoms with Crippen LogP contribution in [0.25, 0.3) is 0 Å². The molecule has 25 heavy (non-hydrogen) atoms. The molecule has 1 aliphatic heterocycles. The van der Waals surface area contributed by atoms with E-state index in [0.717, 1.165) is 36.7 Å². The van der Waals surface area contributed by atoms with Gasteiger partial charge in [0.2, 0.25) is 11.8 Å². The van der Waals surface area contributed by atoms with Gasteiger partial charge in [-0.25, -0.2) is 4.98 Å². The number of likely N-dealkylation sites (tertiary alicyclic amines) is 1. The van der Waals surface area contributed by atoms with Crippen LogP contribution in [0.1, 0.15) is 31.2 Å². The quantitative estimate of drug-likeness (QED) is 0.650. The predicted octanol–water partition coefficient (Wildman–Crippen LogP) is 4.24. The minimum Gasteiger partial charge on any atom is -0.472 e. The number of amides is 1. The summed E-state index contributed by atoms with van der Waals surface area (Å²) in [6.07, 6.45) is 6.27. The Kier molecular flexibility index (Phi) is 6.45. The number of aryl methyl sites for hydroxylation is 1. The van der Waals surface area contributed by atoms with E-state index in [1.54, 1.807) is 6.20 Å². The molecular formula is C20H23BrN2O2. The first-order valence-electron chi connectivity index (χ1n) is 8.80. The molecule has 1 unspecified atom stereocenters. The highest BCUT2D eigenvalue weighted by Gasteiger charge is 2.27. The van der Waals surface area contributed by atoms with Crippen LogP contribution in [0.5, 0.6) is 5.88 Å². The van der Waals surface area contributed by atoms with E-state index in [1.807, 2.05) is 23.1 Å². The van der Waals surface area contributed by atoms with Gasteiger partial charge in [0.1, 0.15) is 6.10 Å². The Morgan fingerprint density at radius 2 is 2.04 bits per heavy atom. The van der Waals surface area contributed by atoms with Crippen molar-refractivity contribution in [2.45, 2.75) is 38.2 Å². The summed E-state index contributed by atoms with van der Waals surface area (Å²) in [5.74, 6) is 0.855. The van der Waals surface area contributed by atoms with E-state index in [1.165, 1.54) is 5.56 Å². The SMILES string of the molecule is O=C(CCCCc1ccccc1)N1CCC(Oc2ccc(Br)cn2)C1. The zero-order chi connectivity index (χ0) is 17.5. The van der Waals surface area contributed by atoms with Crippen LogP contribution in [0.15, 0.2) is 53.1 Å². The van der Waals surface area contributed by atoms with Gasteiger partial charge >= 0.3 is 0 Å². The molecule has 0 radical (unpaired) electrons. The Balaban J connectivity index is 1.36. The lowest BCUT2D eigenvalue weighted by Gasteiger charge is -2.17. The smallest absolute Gasteiger partial charge is 0.222 e. The average molecular weight is 403 g/mol. The molecule has 1 atom stereocenters. The van der Waals surface area contributed by atoms with Crippen molar-refractivity contribution in [3.05, 3.63) is 58.7 Å². The molecule has 1 aliphatic rings.